The fraction of sp³-hybridized carbons (Fsp3) is 0.478. The zero-order valence-corrected chi connectivity index (χ0v) is 15.9. The van der Waals surface area contributed by atoms with Crippen molar-refractivity contribution < 1.29 is 10.2 Å². The Kier molecular flexibility index (Phi) is 4.57. The Morgan fingerprint density at radius 3 is 1.20 bits per heavy atom. The van der Waals surface area contributed by atoms with E-state index in [0.717, 1.165) is 0 Å². The highest BCUT2D eigenvalue weighted by Crippen LogP contribution is 2.57. The van der Waals surface area contributed by atoms with Gasteiger partial charge in [-0.05, 0) is 65.0 Å². The first-order valence-corrected chi connectivity index (χ1v) is 9.39. The van der Waals surface area contributed by atoms with Crippen LogP contribution in [0.1, 0.15) is 45.7 Å². The molecule has 0 radical (unpaired) electrons. The van der Waals surface area contributed by atoms with E-state index in [1.807, 2.05) is 0 Å². The first-order chi connectivity index (χ1) is 11.8. The summed E-state index contributed by atoms with van der Waals surface area (Å²) in [5.74, 6) is 3.31. The van der Waals surface area contributed by atoms with Crippen LogP contribution >= 0.6 is 0 Å². The molecule has 0 spiro atoms. The highest BCUT2D eigenvalue weighted by Gasteiger charge is 2.53. The normalized spacial score (nSPS) is 31.6. The van der Waals surface area contributed by atoms with Crippen LogP contribution in [0.15, 0.2) is 48.5 Å². The Morgan fingerprint density at radius 1 is 0.560 bits per heavy atom. The Bertz CT molecular complexity index is 653. The van der Waals surface area contributed by atoms with Crippen molar-refractivity contribution in [2.75, 3.05) is 0 Å². The van der Waals surface area contributed by atoms with Crippen LogP contribution < -0.4 is 0 Å². The lowest BCUT2D eigenvalue weighted by Gasteiger charge is -2.56. The number of phenols is 2. The van der Waals surface area contributed by atoms with Crippen LogP contribution in [0.25, 0.3) is 0 Å². The molecule has 0 saturated heterocycles. The van der Waals surface area contributed by atoms with E-state index in [1.165, 1.54) is 11.1 Å². The number of aromatic hydroxyl groups is 2. The second kappa shape index (κ2) is 6.40. The van der Waals surface area contributed by atoms with Gasteiger partial charge in [0.1, 0.15) is 11.5 Å². The maximum Gasteiger partial charge on any atom is 0.115 e. The molecule has 25 heavy (non-hydrogen) atoms. The molecule has 4 atom stereocenters. The molecule has 2 nitrogen and oxygen atoms in total. The van der Waals surface area contributed by atoms with E-state index in [9.17, 15) is 10.2 Å². The van der Waals surface area contributed by atoms with Crippen molar-refractivity contribution in [2.24, 2.45) is 29.6 Å². The molecule has 2 aromatic carbocycles. The van der Waals surface area contributed by atoms with Gasteiger partial charge in [-0.25, -0.2) is 0 Å². The van der Waals surface area contributed by atoms with Crippen LogP contribution in [0.5, 0.6) is 11.5 Å². The molecule has 2 N–H and O–H groups in total. The van der Waals surface area contributed by atoms with Crippen molar-refractivity contribution in [3.05, 3.63) is 59.7 Å². The van der Waals surface area contributed by atoms with Gasteiger partial charge in [0.25, 0.3) is 0 Å². The van der Waals surface area contributed by atoms with Gasteiger partial charge in [-0.1, -0.05) is 58.9 Å². The monoisotopic (exact) mass is 338 g/mol. The third-order valence-corrected chi connectivity index (χ3v) is 7.36. The maximum absolute atomic E-state index is 9.79. The number of benzene rings is 2. The summed E-state index contributed by atoms with van der Waals surface area (Å²) < 4.78 is 0. The zero-order valence-electron chi connectivity index (χ0n) is 15.9. The fourth-order valence-corrected chi connectivity index (χ4v) is 5.33. The first-order valence-electron chi connectivity index (χ1n) is 9.39. The van der Waals surface area contributed by atoms with E-state index in [2.05, 4.69) is 58.9 Å². The zero-order chi connectivity index (χ0) is 18.4. The van der Waals surface area contributed by atoms with Crippen LogP contribution in [0.4, 0.5) is 0 Å². The third kappa shape index (κ3) is 2.63. The average molecular weight is 338 g/mol. The second-order valence-electron chi connectivity index (χ2n) is 8.12. The van der Waals surface area contributed by atoms with Crippen LogP contribution in [-0.2, 0) is 5.41 Å². The molecule has 1 fully saturated rings. The van der Waals surface area contributed by atoms with Crippen molar-refractivity contribution in [1.29, 1.82) is 0 Å². The summed E-state index contributed by atoms with van der Waals surface area (Å²) in [5.41, 5.74) is 2.37. The standard InChI is InChI=1S/C23H30O2/c1-14-15(2)17(4)23(18(5)16(14)3,19-6-10-21(24)11-7-19)20-8-12-22(25)13-9-20/h6-18,24-25H,1-5H3. The first kappa shape index (κ1) is 17.8. The molecule has 1 aliphatic rings. The molecule has 2 aromatic rings. The van der Waals surface area contributed by atoms with Gasteiger partial charge in [0.2, 0.25) is 0 Å². The second-order valence-corrected chi connectivity index (χ2v) is 8.12. The van der Waals surface area contributed by atoms with E-state index >= 15 is 0 Å². The molecule has 0 aromatic heterocycles. The topological polar surface area (TPSA) is 40.5 Å². The molecular weight excluding hydrogens is 308 g/mol. The predicted octanol–water partition coefficient (Wildman–Crippen LogP) is 5.58. The molecule has 0 aliphatic heterocycles. The Balaban J connectivity index is 2.28. The van der Waals surface area contributed by atoms with Crippen LogP contribution in [-0.4, -0.2) is 10.2 Å². The van der Waals surface area contributed by atoms with Gasteiger partial charge in [0.15, 0.2) is 0 Å². The molecule has 2 heteroatoms. The summed E-state index contributed by atoms with van der Waals surface area (Å²) in [5, 5.41) is 19.6. The summed E-state index contributed by atoms with van der Waals surface area (Å²) in [6, 6.07) is 15.5. The van der Waals surface area contributed by atoms with Crippen molar-refractivity contribution in [2.45, 2.75) is 40.0 Å². The minimum absolute atomic E-state index is 0.132. The maximum atomic E-state index is 9.79. The number of hydrogen-bond acceptors (Lipinski definition) is 2. The molecule has 0 amide bonds. The highest BCUT2D eigenvalue weighted by atomic mass is 16.3. The van der Waals surface area contributed by atoms with E-state index in [0.29, 0.717) is 41.1 Å². The minimum Gasteiger partial charge on any atom is -0.508 e. The van der Waals surface area contributed by atoms with Gasteiger partial charge >= 0.3 is 0 Å². The van der Waals surface area contributed by atoms with Crippen molar-refractivity contribution >= 4 is 0 Å². The van der Waals surface area contributed by atoms with Gasteiger partial charge < -0.3 is 10.2 Å². The van der Waals surface area contributed by atoms with Gasteiger partial charge in [-0.15, -0.1) is 0 Å². The highest BCUT2D eigenvalue weighted by molar-refractivity contribution is 5.45. The molecule has 1 saturated carbocycles. The van der Waals surface area contributed by atoms with E-state index in [-0.39, 0.29) is 5.41 Å². The van der Waals surface area contributed by atoms with Crippen molar-refractivity contribution in [3.8, 4) is 11.5 Å². The molecular formula is C23H30O2. The summed E-state index contributed by atoms with van der Waals surface area (Å²) in [6.45, 7) is 11.8. The predicted molar refractivity (Wildman–Crippen MR) is 103 cm³/mol. The minimum atomic E-state index is -0.132. The summed E-state index contributed by atoms with van der Waals surface area (Å²) in [7, 11) is 0. The van der Waals surface area contributed by atoms with E-state index in [1.54, 1.807) is 24.3 Å². The smallest absolute Gasteiger partial charge is 0.115 e. The Labute approximate surface area is 151 Å². The molecule has 0 bridgehead atoms. The average Bonchev–Trinajstić information content (AvgIpc) is 2.61. The molecule has 0 heterocycles. The van der Waals surface area contributed by atoms with Gasteiger partial charge in [-0.3, -0.25) is 0 Å². The molecule has 4 unspecified atom stereocenters. The van der Waals surface area contributed by atoms with Gasteiger partial charge in [-0.2, -0.15) is 0 Å². The molecule has 1 aliphatic carbocycles. The van der Waals surface area contributed by atoms with Crippen molar-refractivity contribution in [3.63, 3.8) is 0 Å². The SMILES string of the molecule is CC1C(C)C(C)C(c2ccc(O)cc2)(c2ccc(O)cc2)C(C)C1C. The summed E-state index contributed by atoms with van der Waals surface area (Å²) in [6.07, 6.45) is 0. The Morgan fingerprint density at radius 2 is 0.880 bits per heavy atom. The van der Waals surface area contributed by atoms with Crippen LogP contribution in [0.2, 0.25) is 0 Å². The lowest BCUT2D eigenvalue weighted by Crippen LogP contribution is -2.53. The van der Waals surface area contributed by atoms with Crippen LogP contribution in [0.3, 0.4) is 0 Å². The van der Waals surface area contributed by atoms with Gasteiger partial charge in [0.05, 0.1) is 0 Å². The number of phenolic OH excluding ortho intramolecular Hbond substituents is 2. The quantitative estimate of drug-likeness (QED) is 0.750. The van der Waals surface area contributed by atoms with Crippen molar-refractivity contribution in [1.82, 2.24) is 0 Å². The molecule has 3 rings (SSSR count). The third-order valence-electron chi connectivity index (χ3n) is 7.36. The van der Waals surface area contributed by atoms with E-state index in [4.69, 9.17) is 0 Å². The van der Waals surface area contributed by atoms with E-state index < -0.39 is 0 Å². The molecule has 134 valence electrons. The fourth-order valence-electron chi connectivity index (χ4n) is 5.33. The van der Waals surface area contributed by atoms with Gasteiger partial charge in [0, 0.05) is 5.41 Å². The largest absolute Gasteiger partial charge is 0.508 e. The summed E-state index contributed by atoms with van der Waals surface area (Å²) >= 11 is 0. The lowest BCUT2D eigenvalue weighted by molar-refractivity contribution is 0.0140. The summed E-state index contributed by atoms with van der Waals surface area (Å²) in [4.78, 5) is 0. The number of hydrogen-bond donors (Lipinski definition) is 2. The lowest BCUT2D eigenvalue weighted by atomic mass is 9.47. The number of rotatable bonds is 2. The Hall–Kier alpha value is -1.96. The van der Waals surface area contributed by atoms with Crippen LogP contribution in [0, 0.1) is 29.6 Å².